The maximum Gasteiger partial charge on any atom is 0.306 e. The number of carboxylic acids is 1. The minimum Gasteiger partial charge on any atom is -0.481 e. The molecule has 1 atom stereocenters. The average molecular weight is 255 g/mol. The van der Waals surface area contributed by atoms with Crippen molar-refractivity contribution in [2.75, 3.05) is 13.7 Å². The maximum atomic E-state index is 11.7. The first-order chi connectivity index (χ1) is 8.56. The number of carboxylic acid groups (broad SMARTS) is 1. The van der Waals surface area contributed by atoms with Gasteiger partial charge in [0.25, 0.3) is 5.91 Å². The summed E-state index contributed by atoms with van der Waals surface area (Å²) in [5.74, 6) is -0.393. The zero-order valence-electron chi connectivity index (χ0n) is 10.4. The molecule has 1 heterocycles. The highest BCUT2D eigenvalue weighted by atomic mass is 16.5. The van der Waals surface area contributed by atoms with Gasteiger partial charge in [-0.3, -0.25) is 9.59 Å². The number of methoxy groups -OCH3 is 1. The van der Waals surface area contributed by atoms with Crippen molar-refractivity contribution in [1.82, 2.24) is 5.32 Å². The largest absolute Gasteiger partial charge is 0.481 e. The molecule has 0 radical (unpaired) electrons. The topological polar surface area (TPSA) is 88.8 Å². The van der Waals surface area contributed by atoms with Crippen LogP contribution in [0.5, 0.6) is 0 Å². The van der Waals surface area contributed by atoms with Crippen molar-refractivity contribution in [2.45, 2.75) is 25.9 Å². The lowest BCUT2D eigenvalue weighted by Gasteiger charge is -2.13. The third kappa shape index (κ3) is 4.21. The maximum absolute atomic E-state index is 11.7. The summed E-state index contributed by atoms with van der Waals surface area (Å²) in [5.41, 5.74) is 0. The number of nitrogens with one attached hydrogen (secondary N) is 1. The smallest absolute Gasteiger partial charge is 0.306 e. The number of carbonyl (C=O) groups is 2. The summed E-state index contributed by atoms with van der Waals surface area (Å²) in [5, 5.41) is 11.2. The molecule has 1 rings (SSSR count). The number of ether oxygens (including phenoxy) is 1. The number of amides is 1. The van der Waals surface area contributed by atoms with E-state index in [2.05, 4.69) is 5.32 Å². The number of hydrogen-bond donors (Lipinski definition) is 2. The van der Waals surface area contributed by atoms with Gasteiger partial charge in [-0.15, -0.1) is 0 Å². The van der Waals surface area contributed by atoms with Gasteiger partial charge in [-0.05, 0) is 12.1 Å². The zero-order valence-corrected chi connectivity index (χ0v) is 10.4. The number of carbonyl (C=O) groups excluding carboxylic acids is 1. The van der Waals surface area contributed by atoms with Crippen molar-refractivity contribution in [1.29, 1.82) is 0 Å². The van der Waals surface area contributed by atoms with Crippen molar-refractivity contribution in [3.05, 3.63) is 23.7 Å². The fourth-order valence-electron chi connectivity index (χ4n) is 1.42. The number of aliphatic carboxylic acids is 1. The van der Waals surface area contributed by atoms with E-state index in [-0.39, 0.29) is 24.6 Å². The van der Waals surface area contributed by atoms with Gasteiger partial charge in [-0.25, -0.2) is 0 Å². The third-order valence-electron chi connectivity index (χ3n) is 2.46. The molecular formula is C12H17NO5. The molecule has 0 spiro atoms. The quantitative estimate of drug-likeness (QED) is 0.760. The Morgan fingerprint density at radius 2 is 2.22 bits per heavy atom. The SMILES string of the molecule is CCc1ccc(C(=O)NCC(CC(=O)O)OC)o1. The van der Waals surface area contributed by atoms with Crippen LogP contribution in [0.4, 0.5) is 0 Å². The fourth-order valence-corrected chi connectivity index (χ4v) is 1.42. The van der Waals surface area contributed by atoms with Crippen LogP contribution in [0, 0.1) is 0 Å². The normalized spacial score (nSPS) is 12.1. The number of rotatable bonds is 7. The van der Waals surface area contributed by atoms with E-state index in [1.807, 2.05) is 6.92 Å². The van der Waals surface area contributed by atoms with E-state index in [9.17, 15) is 9.59 Å². The third-order valence-corrected chi connectivity index (χ3v) is 2.46. The Bertz CT molecular complexity index is 412. The Labute approximate surface area is 105 Å². The molecule has 0 aliphatic rings. The van der Waals surface area contributed by atoms with Crippen molar-refractivity contribution >= 4 is 11.9 Å². The summed E-state index contributed by atoms with van der Waals surface area (Å²) in [6.07, 6.45) is 0.00865. The van der Waals surface area contributed by atoms with Gasteiger partial charge in [0, 0.05) is 20.1 Å². The van der Waals surface area contributed by atoms with Crippen LogP contribution in [0.15, 0.2) is 16.5 Å². The Balaban J connectivity index is 2.46. The van der Waals surface area contributed by atoms with Crippen LogP contribution < -0.4 is 5.32 Å². The lowest BCUT2D eigenvalue weighted by Crippen LogP contribution is -2.34. The van der Waals surface area contributed by atoms with E-state index < -0.39 is 12.1 Å². The van der Waals surface area contributed by atoms with Crippen molar-refractivity contribution in [2.24, 2.45) is 0 Å². The van der Waals surface area contributed by atoms with Crippen LogP contribution in [-0.4, -0.2) is 36.7 Å². The summed E-state index contributed by atoms with van der Waals surface area (Å²) in [6, 6.07) is 3.33. The predicted octanol–water partition coefficient (Wildman–Crippen LogP) is 1.06. The molecule has 0 fully saturated rings. The van der Waals surface area contributed by atoms with Crippen molar-refractivity contribution < 1.29 is 23.8 Å². The van der Waals surface area contributed by atoms with Crippen LogP contribution in [0.25, 0.3) is 0 Å². The van der Waals surface area contributed by atoms with Gasteiger partial charge in [0.2, 0.25) is 0 Å². The molecule has 0 aliphatic heterocycles. The summed E-state index contributed by atoms with van der Waals surface area (Å²) in [4.78, 5) is 22.2. The van der Waals surface area contributed by atoms with Gasteiger partial charge >= 0.3 is 5.97 Å². The van der Waals surface area contributed by atoms with Crippen LogP contribution >= 0.6 is 0 Å². The molecule has 1 unspecified atom stereocenters. The van der Waals surface area contributed by atoms with Gasteiger partial charge in [0.1, 0.15) is 5.76 Å². The minimum absolute atomic E-state index is 0.129. The molecular weight excluding hydrogens is 238 g/mol. The molecule has 2 N–H and O–H groups in total. The summed E-state index contributed by atoms with van der Waals surface area (Å²) < 4.78 is 10.2. The first kappa shape index (κ1) is 14.2. The van der Waals surface area contributed by atoms with Crippen LogP contribution in [0.2, 0.25) is 0 Å². The molecule has 1 aromatic heterocycles. The molecule has 1 amide bonds. The van der Waals surface area contributed by atoms with Gasteiger partial charge < -0.3 is 19.6 Å². The van der Waals surface area contributed by atoms with Gasteiger partial charge in [-0.2, -0.15) is 0 Å². The lowest BCUT2D eigenvalue weighted by atomic mass is 10.2. The number of furan rings is 1. The highest BCUT2D eigenvalue weighted by Crippen LogP contribution is 2.08. The summed E-state index contributed by atoms with van der Waals surface area (Å²) >= 11 is 0. The Hall–Kier alpha value is -1.82. The second kappa shape index (κ2) is 6.80. The van der Waals surface area contributed by atoms with Crippen LogP contribution in [0.3, 0.4) is 0 Å². The van der Waals surface area contributed by atoms with E-state index in [1.165, 1.54) is 7.11 Å². The molecule has 6 nitrogen and oxygen atoms in total. The molecule has 1 aromatic rings. The van der Waals surface area contributed by atoms with E-state index in [0.717, 1.165) is 5.76 Å². The molecule has 0 aromatic carbocycles. The van der Waals surface area contributed by atoms with Crippen LogP contribution in [-0.2, 0) is 16.0 Å². The summed E-state index contributed by atoms with van der Waals surface area (Å²) in [7, 11) is 1.40. The monoisotopic (exact) mass is 255 g/mol. The van der Waals surface area contributed by atoms with Crippen molar-refractivity contribution in [3.8, 4) is 0 Å². The van der Waals surface area contributed by atoms with E-state index in [4.69, 9.17) is 14.3 Å². The van der Waals surface area contributed by atoms with E-state index in [1.54, 1.807) is 12.1 Å². The molecule has 0 saturated heterocycles. The fraction of sp³-hybridized carbons (Fsp3) is 0.500. The van der Waals surface area contributed by atoms with E-state index >= 15 is 0 Å². The average Bonchev–Trinajstić information content (AvgIpc) is 2.82. The molecule has 0 aliphatic carbocycles. The highest BCUT2D eigenvalue weighted by Gasteiger charge is 2.15. The Morgan fingerprint density at radius 3 is 2.72 bits per heavy atom. The lowest BCUT2D eigenvalue weighted by molar-refractivity contribution is -0.139. The molecule has 6 heteroatoms. The van der Waals surface area contributed by atoms with E-state index in [0.29, 0.717) is 6.42 Å². The molecule has 0 saturated carbocycles. The zero-order chi connectivity index (χ0) is 13.5. The number of hydrogen-bond acceptors (Lipinski definition) is 4. The van der Waals surface area contributed by atoms with Crippen molar-refractivity contribution in [3.63, 3.8) is 0 Å². The van der Waals surface area contributed by atoms with Crippen LogP contribution in [0.1, 0.15) is 29.7 Å². The highest BCUT2D eigenvalue weighted by molar-refractivity contribution is 5.91. The Morgan fingerprint density at radius 1 is 1.50 bits per heavy atom. The minimum atomic E-state index is -0.970. The first-order valence-electron chi connectivity index (χ1n) is 5.68. The predicted molar refractivity (Wildman–Crippen MR) is 63.5 cm³/mol. The summed E-state index contributed by atoms with van der Waals surface area (Å²) in [6.45, 7) is 2.05. The van der Waals surface area contributed by atoms with Gasteiger partial charge in [-0.1, -0.05) is 6.92 Å². The standard InChI is InChI=1S/C12H17NO5/c1-3-8-4-5-10(18-8)12(16)13-7-9(17-2)6-11(14)15/h4-5,9H,3,6-7H2,1-2H3,(H,13,16)(H,14,15). The second-order valence-electron chi connectivity index (χ2n) is 3.79. The number of aryl methyl sites for hydroxylation is 1. The van der Waals surface area contributed by atoms with Gasteiger partial charge in [0.05, 0.1) is 12.5 Å². The molecule has 100 valence electrons. The van der Waals surface area contributed by atoms with Gasteiger partial charge in [0.15, 0.2) is 5.76 Å². The first-order valence-corrected chi connectivity index (χ1v) is 5.68. The Kier molecular flexibility index (Phi) is 5.38. The second-order valence-corrected chi connectivity index (χ2v) is 3.79. The molecule has 0 bridgehead atoms. The molecule has 18 heavy (non-hydrogen) atoms.